The number of carbonyl (C=O) groups is 1. The number of hydrogen-bond donors (Lipinski definition) is 2. The second-order valence-electron chi connectivity index (χ2n) is 4.56. The normalized spacial score (nSPS) is 31.4. The van der Waals surface area contributed by atoms with E-state index >= 15 is 0 Å². The van der Waals surface area contributed by atoms with E-state index < -0.39 is 0 Å². The molecule has 2 aliphatic rings. The summed E-state index contributed by atoms with van der Waals surface area (Å²) >= 11 is 1.84. The summed E-state index contributed by atoms with van der Waals surface area (Å²) in [6, 6.07) is -0.00353. The van der Waals surface area contributed by atoms with Gasteiger partial charge < -0.3 is 15.3 Å². The van der Waals surface area contributed by atoms with Crippen molar-refractivity contribution in [1.29, 1.82) is 0 Å². The molecule has 2 aliphatic heterocycles. The fraction of sp³-hybridized carbons (Fsp3) is 0.909. The quantitative estimate of drug-likeness (QED) is 0.713. The van der Waals surface area contributed by atoms with Gasteiger partial charge in [0.2, 0.25) is 5.91 Å². The summed E-state index contributed by atoms with van der Waals surface area (Å²) in [5, 5.41) is 12.4. The molecule has 1 amide bonds. The van der Waals surface area contributed by atoms with Gasteiger partial charge in [-0.05, 0) is 18.8 Å². The average Bonchev–Trinajstić information content (AvgIpc) is 2.39. The number of aliphatic hydroxyl groups is 1. The molecule has 0 spiro atoms. The van der Waals surface area contributed by atoms with Crippen LogP contribution < -0.4 is 5.32 Å². The number of likely N-dealkylation sites (tertiary alicyclic amines) is 1. The number of nitrogens with one attached hydrogen (secondary N) is 1. The number of hydrogen-bond acceptors (Lipinski definition) is 4. The monoisotopic (exact) mass is 244 g/mol. The SMILES string of the molecule is O=C(C1CSCCN1)N1CCCC(CO)C1. The number of carbonyl (C=O) groups excluding carboxylic acids is 1. The minimum atomic E-state index is -0.00353. The molecule has 0 aromatic heterocycles. The Morgan fingerprint density at radius 2 is 2.44 bits per heavy atom. The summed E-state index contributed by atoms with van der Waals surface area (Å²) in [7, 11) is 0. The first-order valence-electron chi connectivity index (χ1n) is 6.02. The second-order valence-corrected chi connectivity index (χ2v) is 5.71. The van der Waals surface area contributed by atoms with Crippen LogP contribution in [0.15, 0.2) is 0 Å². The number of piperidine rings is 1. The van der Waals surface area contributed by atoms with Crippen molar-refractivity contribution in [3.8, 4) is 0 Å². The van der Waals surface area contributed by atoms with Crippen LogP contribution in [-0.4, -0.2) is 59.7 Å². The zero-order valence-electron chi connectivity index (χ0n) is 9.52. The van der Waals surface area contributed by atoms with Gasteiger partial charge in [-0.15, -0.1) is 0 Å². The highest BCUT2D eigenvalue weighted by Gasteiger charge is 2.29. The second kappa shape index (κ2) is 5.89. The number of thioether (sulfide) groups is 1. The lowest BCUT2D eigenvalue weighted by atomic mass is 9.98. The molecule has 0 radical (unpaired) electrons. The molecular formula is C11H20N2O2S. The van der Waals surface area contributed by atoms with Gasteiger partial charge >= 0.3 is 0 Å². The zero-order valence-corrected chi connectivity index (χ0v) is 10.3. The third kappa shape index (κ3) is 2.90. The van der Waals surface area contributed by atoms with E-state index in [0.29, 0.717) is 0 Å². The van der Waals surface area contributed by atoms with E-state index in [2.05, 4.69) is 5.32 Å². The minimum Gasteiger partial charge on any atom is -0.396 e. The van der Waals surface area contributed by atoms with Gasteiger partial charge in [0.1, 0.15) is 0 Å². The predicted molar refractivity (Wildman–Crippen MR) is 65.5 cm³/mol. The Morgan fingerprint density at radius 3 is 3.12 bits per heavy atom. The van der Waals surface area contributed by atoms with Gasteiger partial charge in [-0.2, -0.15) is 11.8 Å². The number of aliphatic hydroxyl groups excluding tert-OH is 1. The number of amides is 1. The van der Waals surface area contributed by atoms with Crippen molar-refractivity contribution >= 4 is 17.7 Å². The summed E-state index contributed by atoms with van der Waals surface area (Å²) in [5.74, 6) is 2.50. The number of nitrogens with zero attached hydrogens (tertiary/aromatic N) is 1. The molecule has 0 aromatic carbocycles. The first kappa shape index (κ1) is 12.2. The van der Waals surface area contributed by atoms with Crippen molar-refractivity contribution in [2.45, 2.75) is 18.9 Å². The maximum atomic E-state index is 12.2. The summed E-state index contributed by atoms with van der Waals surface area (Å²) in [4.78, 5) is 14.1. The van der Waals surface area contributed by atoms with Crippen LogP contribution in [0, 0.1) is 5.92 Å². The Kier molecular flexibility index (Phi) is 4.49. The number of rotatable bonds is 2. The van der Waals surface area contributed by atoms with E-state index in [1.165, 1.54) is 0 Å². The maximum absolute atomic E-state index is 12.2. The predicted octanol–water partition coefficient (Wildman–Crippen LogP) is -0.0777. The van der Waals surface area contributed by atoms with Crippen molar-refractivity contribution in [1.82, 2.24) is 10.2 Å². The van der Waals surface area contributed by atoms with Crippen LogP contribution >= 0.6 is 11.8 Å². The lowest BCUT2D eigenvalue weighted by Crippen LogP contribution is -2.53. The summed E-state index contributed by atoms with van der Waals surface area (Å²) < 4.78 is 0. The highest BCUT2D eigenvalue weighted by atomic mass is 32.2. The lowest BCUT2D eigenvalue weighted by Gasteiger charge is -2.35. The first-order chi connectivity index (χ1) is 7.81. The third-order valence-corrected chi connectivity index (χ3v) is 4.37. The lowest BCUT2D eigenvalue weighted by molar-refractivity contribution is -0.135. The van der Waals surface area contributed by atoms with Crippen molar-refractivity contribution in [3.05, 3.63) is 0 Å². The molecule has 0 aliphatic carbocycles. The third-order valence-electron chi connectivity index (χ3n) is 3.31. The van der Waals surface area contributed by atoms with Gasteiger partial charge in [0.15, 0.2) is 0 Å². The molecule has 92 valence electrons. The van der Waals surface area contributed by atoms with Crippen LogP contribution in [0.1, 0.15) is 12.8 Å². The van der Waals surface area contributed by atoms with Gasteiger partial charge in [0.25, 0.3) is 0 Å². The molecule has 16 heavy (non-hydrogen) atoms. The van der Waals surface area contributed by atoms with Gasteiger partial charge in [-0.1, -0.05) is 0 Å². The van der Waals surface area contributed by atoms with Crippen molar-refractivity contribution < 1.29 is 9.90 Å². The van der Waals surface area contributed by atoms with Crippen LogP contribution in [0.25, 0.3) is 0 Å². The standard InChI is InChI=1S/C11H20N2O2S/c14-7-9-2-1-4-13(6-9)11(15)10-8-16-5-3-12-10/h9-10,12,14H,1-8H2. The molecule has 4 nitrogen and oxygen atoms in total. The smallest absolute Gasteiger partial charge is 0.240 e. The van der Waals surface area contributed by atoms with E-state index in [-0.39, 0.29) is 24.5 Å². The molecule has 2 N–H and O–H groups in total. The molecule has 2 saturated heterocycles. The molecule has 0 aromatic rings. The topological polar surface area (TPSA) is 52.6 Å². The van der Waals surface area contributed by atoms with E-state index in [4.69, 9.17) is 5.11 Å². The molecule has 2 rings (SSSR count). The largest absolute Gasteiger partial charge is 0.396 e. The molecule has 5 heteroatoms. The van der Waals surface area contributed by atoms with E-state index in [9.17, 15) is 4.79 Å². The van der Waals surface area contributed by atoms with E-state index in [1.807, 2.05) is 16.7 Å². The Labute approximate surface area is 101 Å². The Hall–Kier alpha value is -0.260. The van der Waals surface area contributed by atoms with Crippen molar-refractivity contribution in [3.63, 3.8) is 0 Å². The van der Waals surface area contributed by atoms with E-state index in [1.54, 1.807) is 0 Å². The molecule has 2 fully saturated rings. The molecule has 2 atom stereocenters. The minimum absolute atomic E-state index is 0.00353. The Bertz CT molecular complexity index is 244. The molecule has 2 unspecified atom stereocenters. The highest BCUT2D eigenvalue weighted by Crippen LogP contribution is 2.18. The first-order valence-corrected chi connectivity index (χ1v) is 7.17. The molecular weight excluding hydrogens is 224 g/mol. The summed E-state index contributed by atoms with van der Waals surface area (Å²) in [5.41, 5.74) is 0. The molecule has 2 heterocycles. The van der Waals surface area contributed by atoms with Crippen LogP contribution in [-0.2, 0) is 4.79 Å². The van der Waals surface area contributed by atoms with Crippen LogP contribution in [0.5, 0.6) is 0 Å². The van der Waals surface area contributed by atoms with Crippen molar-refractivity contribution in [2.24, 2.45) is 5.92 Å². The van der Waals surface area contributed by atoms with E-state index in [0.717, 1.165) is 44.0 Å². The van der Waals surface area contributed by atoms with Gasteiger partial charge in [0, 0.05) is 37.7 Å². The summed E-state index contributed by atoms with van der Waals surface area (Å²) in [6.45, 7) is 2.73. The average molecular weight is 244 g/mol. The fourth-order valence-corrected chi connectivity index (χ4v) is 3.28. The Balaban J connectivity index is 1.87. The summed E-state index contributed by atoms with van der Waals surface area (Å²) in [6.07, 6.45) is 2.07. The van der Waals surface area contributed by atoms with Crippen LogP contribution in [0.4, 0.5) is 0 Å². The molecule has 0 saturated carbocycles. The maximum Gasteiger partial charge on any atom is 0.240 e. The van der Waals surface area contributed by atoms with Crippen LogP contribution in [0.2, 0.25) is 0 Å². The Morgan fingerprint density at radius 1 is 1.56 bits per heavy atom. The van der Waals surface area contributed by atoms with Gasteiger partial charge in [-0.3, -0.25) is 4.79 Å². The fourth-order valence-electron chi connectivity index (χ4n) is 2.36. The van der Waals surface area contributed by atoms with Gasteiger partial charge in [0.05, 0.1) is 6.04 Å². The van der Waals surface area contributed by atoms with Crippen molar-refractivity contribution in [2.75, 3.05) is 37.7 Å². The van der Waals surface area contributed by atoms with Gasteiger partial charge in [-0.25, -0.2) is 0 Å². The van der Waals surface area contributed by atoms with Crippen LogP contribution in [0.3, 0.4) is 0 Å². The highest BCUT2D eigenvalue weighted by molar-refractivity contribution is 7.99. The zero-order chi connectivity index (χ0) is 11.4. The molecule has 0 bridgehead atoms.